The Labute approximate surface area is 136 Å². The van der Waals surface area contributed by atoms with Crippen LogP contribution in [0.25, 0.3) is 17.0 Å². The van der Waals surface area contributed by atoms with E-state index in [9.17, 15) is 9.90 Å². The molecule has 7 heteroatoms. The lowest BCUT2D eigenvalue weighted by molar-refractivity contribution is -0.298. The third-order valence-electron chi connectivity index (χ3n) is 3.63. The first kappa shape index (κ1) is 15.4. The van der Waals surface area contributed by atoms with Gasteiger partial charge in [-0.05, 0) is 30.8 Å². The molecule has 0 bridgehead atoms. The number of carbonyl (C=O) groups excluding carboxylic acids is 1. The molecule has 2 heterocycles. The van der Waals surface area contributed by atoms with Gasteiger partial charge in [0.15, 0.2) is 0 Å². The van der Waals surface area contributed by atoms with E-state index in [1.54, 1.807) is 13.0 Å². The number of thioether (sulfide) groups is 1. The summed E-state index contributed by atoms with van der Waals surface area (Å²) in [5, 5.41) is 20.1. The minimum Gasteiger partial charge on any atom is -0.544 e. The van der Waals surface area contributed by atoms with E-state index in [2.05, 4.69) is 10.2 Å². The molecule has 3 aromatic rings. The molecular formula is C16H14N3O3S-. The number of fused-ring (bicyclic) bond motifs is 1. The zero-order valence-electron chi connectivity index (χ0n) is 12.9. The van der Waals surface area contributed by atoms with Gasteiger partial charge in [0, 0.05) is 41.0 Å². The fourth-order valence-corrected chi connectivity index (χ4v) is 3.10. The van der Waals surface area contributed by atoms with Gasteiger partial charge in [0.1, 0.15) is 0 Å². The van der Waals surface area contributed by atoms with Gasteiger partial charge in [-0.1, -0.05) is 18.2 Å². The fraction of sp³-hybridized carbons (Fsp3) is 0.188. The van der Waals surface area contributed by atoms with Crippen LogP contribution < -0.4 is 5.11 Å². The fourth-order valence-electron chi connectivity index (χ4n) is 2.41. The van der Waals surface area contributed by atoms with Crippen molar-refractivity contribution in [2.45, 2.75) is 19.1 Å². The maximum atomic E-state index is 11.5. The molecule has 0 atom stereocenters. The Balaban J connectivity index is 2.10. The number of nitrogens with zero attached hydrogens (tertiary/aromatic N) is 3. The molecule has 3 rings (SSSR count). The number of hydrogen-bond acceptors (Lipinski definition) is 6. The zero-order chi connectivity index (χ0) is 16.6. The number of carbonyl (C=O) groups is 1. The molecule has 0 aliphatic heterocycles. The number of carboxylic acid groups (broad SMARTS) is 1. The normalized spacial score (nSPS) is 12.0. The van der Waals surface area contributed by atoms with Gasteiger partial charge in [0.05, 0.1) is 5.97 Å². The van der Waals surface area contributed by atoms with E-state index >= 15 is 0 Å². The monoisotopic (exact) mass is 328 g/mol. The van der Waals surface area contributed by atoms with Crippen molar-refractivity contribution in [2.75, 3.05) is 0 Å². The number of aryl methyl sites for hydroxylation is 2. The van der Waals surface area contributed by atoms with E-state index in [1.165, 1.54) is 0 Å². The van der Waals surface area contributed by atoms with E-state index in [0.29, 0.717) is 5.89 Å². The van der Waals surface area contributed by atoms with Crippen LogP contribution in [0.1, 0.15) is 17.1 Å². The summed E-state index contributed by atoms with van der Waals surface area (Å²) in [6.45, 7) is 3.59. The van der Waals surface area contributed by atoms with E-state index in [-0.39, 0.29) is 10.1 Å². The first-order valence-corrected chi connectivity index (χ1v) is 7.74. The summed E-state index contributed by atoms with van der Waals surface area (Å²) in [5.41, 5.74) is 2.84. The minimum absolute atomic E-state index is 0.0214. The van der Waals surface area contributed by atoms with Crippen LogP contribution in [-0.4, -0.2) is 20.7 Å². The van der Waals surface area contributed by atoms with Crippen LogP contribution in [0.5, 0.6) is 0 Å². The van der Waals surface area contributed by atoms with Crippen molar-refractivity contribution >= 4 is 34.7 Å². The summed E-state index contributed by atoms with van der Waals surface area (Å²) >= 11 is 0.889. The number of rotatable bonds is 4. The average molecular weight is 328 g/mol. The minimum atomic E-state index is -1.28. The molecule has 0 fully saturated rings. The Kier molecular flexibility index (Phi) is 3.96. The van der Waals surface area contributed by atoms with Gasteiger partial charge in [-0.15, -0.1) is 10.2 Å². The predicted octanol–water partition coefficient (Wildman–Crippen LogP) is 2.06. The van der Waals surface area contributed by atoms with Crippen LogP contribution in [0, 0.1) is 13.8 Å². The SMILES string of the molecule is Cc1nnc(S/C(=C\c2c(C)n(C)c3ccccc23)C(=O)[O-])o1. The van der Waals surface area contributed by atoms with Crippen molar-refractivity contribution in [1.29, 1.82) is 0 Å². The van der Waals surface area contributed by atoms with Crippen molar-refractivity contribution in [3.8, 4) is 0 Å². The molecule has 0 aliphatic rings. The van der Waals surface area contributed by atoms with Crippen LogP contribution in [0.4, 0.5) is 0 Å². The Hall–Kier alpha value is -2.54. The maximum Gasteiger partial charge on any atom is 0.281 e. The first-order chi connectivity index (χ1) is 11.0. The molecule has 0 spiro atoms. The molecule has 23 heavy (non-hydrogen) atoms. The van der Waals surface area contributed by atoms with Crippen LogP contribution in [0.15, 0.2) is 38.8 Å². The maximum absolute atomic E-state index is 11.5. The van der Waals surface area contributed by atoms with Crippen LogP contribution in [0.2, 0.25) is 0 Å². The highest BCUT2D eigenvalue weighted by molar-refractivity contribution is 8.03. The Morgan fingerprint density at radius 3 is 2.70 bits per heavy atom. The molecule has 0 aliphatic carbocycles. The number of aliphatic carboxylic acids is 1. The molecule has 118 valence electrons. The topological polar surface area (TPSA) is 84.0 Å². The molecular weight excluding hydrogens is 314 g/mol. The van der Waals surface area contributed by atoms with Crippen LogP contribution in [-0.2, 0) is 11.8 Å². The number of carboxylic acids is 1. The molecule has 1 aromatic carbocycles. The van der Waals surface area contributed by atoms with Crippen molar-refractivity contribution in [1.82, 2.24) is 14.8 Å². The van der Waals surface area contributed by atoms with Gasteiger partial charge in [0.2, 0.25) is 5.89 Å². The van der Waals surface area contributed by atoms with Gasteiger partial charge in [-0.25, -0.2) is 0 Å². The molecule has 0 N–H and O–H groups in total. The van der Waals surface area contributed by atoms with Crippen molar-refractivity contribution in [3.05, 3.63) is 46.3 Å². The lowest BCUT2D eigenvalue weighted by Gasteiger charge is -2.06. The lowest BCUT2D eigenvalue weighted by Crippen LogP contribution is -2.23. The van der Waals surface area contributed by atoms with E-state index in [1.807, 2.05) is 42.8 Å². The largest absolute Gasteiger partial charge is 0.544 e. The standard InChI is InChI=1S/C16H15N3O3S/c1-9-12(11-6-4-5-7-13(11)19(9)3)8-14(15(20)21)23-16-18-17-10(2)22-16/h4-8H,1-3H3,(H,20,21)/p-1/b14-8-. The second-order valence-corrected chi connectivity index (χ2v) is 6.05. The van der Waals surface area contributed by atoms with Crippen molar-refractivity contribution < 1.29 is 14.3 Å². The van der Waals surface area contributed by atoms with E-state index in [0.717, 1.165) is 33.9 Å². The molecule has 2 aromatic heterocycles. The molecule has 0 amide bonds. The molecule has 0 unspecified atom stereocenters. The highest BCUT2D eigenvalue weighted by atomic mass is 32.2. The van der Waals surface area contributed by atoms with E-state index < -0.39 is 5.97 Å². The second kappa shape index (κ2) is 5.92. The van der Waals surface area contributed by atoms with Gasteiger partial charge in [-0.3, -0.25) is 0 Å². The van der Waals surface area contributed by atoms with Gasteiger partial charge < -0.3 is 18.9 Å². The smallest absolute Gasteiger partial charge is 0.281 e. The predicted molar refractivity (Wildman–Crippen MR) is 85.5 cm³/mol. The average Bonchev–Trinajstić information content (AvgIpc) is 3.04. The number of benzene rings is 1. The third-order valence-corrected chi connectivity index (χ3v) is 4.47. The van der Waals surface area contributed by atoms with Gasteiger partial charge in [-0.2, -0.15) is 0 Å². The Morgan fingerprint density at radius 1 is 1.30 bits per heavy atom. The Bertz CT molecular complexity index is 924. The summed E-state index contributed by atoms with van der Waals surface area (Å²) in [5.74, 6) is -0.898. The highest BCUT2D eigenvalue weighted by Gasteiger charge is 2.13. The van der Waals surface area contributed by atoms with Crippen LogP contribution >= 0.6 is 11.8 Å². The summed E-state index contributed by atoms with van der Waals surface area (Å²) in [4.78, 5) is 11.5. The molecule has 0 saturated heterocycles. The Morgan fingerprint density at radius 2 is 2.04 bits per heavy atom. The summed E-state index contributed by atoms with van der Waals surface area (Å²) in [7, 11) is 1.95. The first-order valence-electron chi connectivity index (χ1n) is 6.92. The van der Waals surface area contributed by atoms with E-state index in [4.69, 9.17) is 4.42 Å². The van der Waals surface area contributed by atoms with Crippen molar-refractivity contribution in [3.63, 3.8) is 0 Å². The number of hydrogen-bond donors (Lipinski definition) is 0. The zero-order valence-corrected chi connectivity index (χ0v) is 13.7. The molecule has 0 saturated carbocycles. The highest BCUT2D eigenvalue weighted by Crippen LogP contribution is 2.31. The third kappa shape index (κ3) is 2.87. The molecule has 0 radical (unpaired) electrons. The lowest BCUT2D eigenvalue weighted by atomic mass is 10.1. The second-order valence-electron chi connectivity index (χ2n) is 5.06. The van der Waals surface area contributed by atoms with Crippen LogP contribution in [0.3, 0.4) is 0 Å². The summed E-state index contributed by atoms with van der Waals surface area (Å²) < 4.78 is 7.25. The van der Waals surface area contributed by atoms with Gasteiger partial charge >= 0.3 is 0 Å². The number of para-hydroxylation sites is 1. The quantitative estimate of drug-likeness (QED) is 0.538. The van der Waals surface area contributed by atoms with Gasteiger partial charge in [0.25, 0.3) is 5.22 Å². The summed E-state index contributed by atoms with van der Waals surface area (Å²) in [6, 6.07) is 7.83. The number of aromatic nitrogens is 3. The molecule has 6 nitrogen and oxygen atoms in total. The van der Waals surface area contributed by atoms with Crippen molar-refractivity contribution in [2.24, 2.45) is 7.05 Å². The summed E-state index contributed by atoms with van der Waals surface area (Å²) in [6.07, 6.45) is 1.59.